The van der Waals surface area contributed by atoms with Crippen LogP contribution in [0.4, 0.5) is 0 Å². The highest BCUT2D eigenvalue weighted by atomic mass is 35.5. The first-order valence-electron chi connectivity index (χ1n) is 12.1. The largest absolute Gasteiger partial charge is 0.352 e. The molecule has 1 saturated heterocycles. The van der Waals surface area contributed by atoms with Gasteiger partial charge in [0.15, 0.2) is 0 Å². The van der Waals surface area contributed by atoms with Crippen LogP contribution in [0.3, 0.4) is 0 Å². The summed E-state index contributed by atoms with van der Waals surface area (Å²) >= 11 is 6.35. The van der Waals surface area contributed by atoms with E-state index in [0.717, 1.165) is 12.0 Å². The van der Waals surface area contributed by atoms with Gasteiger partial charge in [-0.3, -0.25) is 24.1 Å². The highest BCUT2D eigenvalue weighted by molar-refractivity contribution is 6.31. The number of amides is 4. The molecule has 4 atom stereocenters. The van der Waals surface area contributed by atoms with Gasteiger partial charge in [-0.1, -0.05) is 55.8 Å². The van der Waals surface area contributed by atoms with Gasteiger partial charge in [0.2, 0.25) is 23.6 Å². The van der Waals surface area contributed by atoms with E-state index in [2.05, 4.69) is 5.32 Å². The molecule has 1 aromatic carbocycles. The molecular weight excluding hydrogens is 454 g/mol. The number of carbonyl (C=O) groups excluding carboxylic acids is 4. The van der Waals surface area contributed by atoms with E-state index >= 15 is 0 Å². The number of hydrogen-bond acceptors (Lipinski definition) is 4. The first-order valence-corrected chi connectivity index (χ1v) is 12.5. The van der Waals surface area contributed by atoms with E-state index in [9.17, 15) is 19.2 Å². The molecule has 1 aromatic rings. The van der Waals surface area contributed by atoms with Crippen LogP contribution >= 0.6 is 11.6 Å². The highest BCUT2D eigenvalue weighted by Crippen LogP contribution is 2.35. The minimum Gasteiger partial charge on any atom is -0.352 e. The maximum absolute atomic E-state index is 13.4. The predicted octanol–water partition coefficient (Wildman–Crippen LogP) is 3.70. The van der Waals surface area contributed by atoms with E-state index in [1.54, 1.807) is 6.07 Å². The maximum atomic E-state index is 13.4. The number of rotatable bonds is 10. The van der Waals surface area contributed by atoms with Gasteiger partial charge in [0.05, 0.1) is 11.8 Å². The zero-order valence-corrected chi connectivity index (χ0v) is 20.9. The lowest BCUT2D eigenvalue weighted by atomic mass is 9.85. The number of nitrogens with one attached hydrogen (secondary N) is 1. The summed E-state index contributed by atoms with van der Waals surface area (Å²) < 4.78 is 0. The van der Waals surface area contributed by atoms with Crippen LogP contribution < -0.4 is 5.32 Å². The first-order chi connectivity index (χ1) is 16.3. The van der Waals surface area contributed by atoms with Crippen molar-refractivity contribution in [2.75, 3.05) is 6.54 Å². The normalized spacial score (nSPS) is 21.2. The Kier molecular flexibility index (Phi) is 8.89. The molecule has 184 valence electrons. The number of likely N-dealkylation sites (tertiary alicyclic amines) is 1. The molecule has 1 heterocycles. The van der Waals surface area contributed by atoms with E-state index in [1.165, 1.54) is 9.80 Å². The zero-order chi connectivity index (χ0) is 24.8. The molecule has 7 nitrogen and oxygen atoms in total. The lowest BCUT2D eigenvalue weighted by Crippen LogP contribution is -2.51. The van der Waals surface area contributed by atoms with Crippen molar-refractivity contribution in [1.29, 1.82) is 0 Å². The molecule has 0 aromatic heterocycles. The van der Waals surface area contributed by atoms with Gasteiger partial charge in [-0.05, 0) is 44.2 Å². The molecule has 4 amide bonds. The minimum absolute atomic E-state index is 0.0180. The number of benzene rings is 1. The molecule has 0 bridgehead atoms. The summed E-state index contributed by atoms with van der Waals surface area (Å²) in [6, 6.07) is 6.51. The Balaban J connectivity index is 1.77. The summed E-state index contributed by atoms with van der Waals surface area (Å²) in [5.74, 6) is -1.56. The van der Waals surface area contributed by atoms with E-state index in [0.29, 0.717) is 24.3 Å². The van der Waals surface area contributed by atoms with Gasteiger partial charge in [0.1, 0.15) is 6.04 Å². The second-order valence-corrected chi connectivity index (χ2v) is 9.50. The topological polar surface area (TPSA) is 86.8 Å². The van der Waals surface area contributed by atoms with Crippen LogP contribution in [0, 0.1) is 11.8 Å². The van der Waals surface area contributed by atoms with Gasteiger partial charge in [-0.2, -0.15) is 0 Å². The second-order valence-electron chi connectivity index (χ2n) is 9.09. The van der Waals surface area contributed by atoms with Crippen molar-refractivity contribution in [3.05, 3.63) is 47.0 Å². The Morgan fingerprint density at radius 1 is 1.09 bits per heavy atom. The van der Waals surface area contributed by atoms with Crippen molar-refractivity contribution >= 4 is 35.2 Å². The van der Waals surface area contributed by atoms with E-state index < -0.39 is 6.04 Å². The maximum Gasteiger partial charge on any atom is 0.243 e. The van der Waals surface area contributed by atoms with Gasteiger partial charge in [0.25, 0.3) is 0 Å². The van der Waals surface area contributed by atoms with Gasteiger partial charge in [0, 0.05) is 30.6 Å². The van der Waals surface area contributed by atoms with E-state index in [4.69, 9.17) is 11.6 Å². The van der Waals surface area contributed by atoms with Crippen LogP contribution in [-0.2, 0) is 25.7 Å². The van der Waals surface area contributed by atoms with Gasteiger partial charge < -0.3 is 10.2 Å². The third-order valence-corrected chi connectivity index (χ3v) is 7.20. The minimum atomic E-state index is -0.686. The molecule has 1 aliphatic carbocycles. The van der Waals surface area contributed by atoms with Crippen LogP contribution in [0.25, 0.3) is 0 Å². The van der Waals surface area contributed by atoms with Crippen molar-refractivity contribution in [2.45, 2.75) is 71.5 Å². The molecule has 0 saturated carbocycles. The average Bonchev–Trinajstić information content (AvgIpc) is 3.08. The molecular formula is C26H34ClN3O4. The summed E-state index contributed by atoms with van der Waals surface area (Å²) in [6.45, 7) is 5.95. The molecule has 0 spiro atoms. The number of carbonyl (C=O) groups is 4. The smallest absolute Gasteiger partial charge is 0.243 e. The molecule has 3 rings (SSSR count). The van der Waals surface area contributed by atoms with Gasteiger partial charge >= 0.3 is 0 Å². The lowest BCUT2D eigenvalue weighted by molar-refractivity contribution is -0.144. The predicted molar refractivity (Wildman–Crippen MR) is 131 cm³/mol. The number of hydrogen-bond donors (Lipinski definition) is 1. The fraction of sp³-hybridized carbons (Fsp3) is 0.538. The molecule has 1 N–H and O–H groups in total. The van der Waals surface area contributed by atoms with Gasteiger partial charge in [-0.25, -0.2) is 0 Å². The van der Waals surface area contributed by atoms with Crippen molar-refractivity contribution in [2.24, 2.45) is 11.8 Å². The van der Waals surface area contributed by atoms with E-state index in [1.807, 2.05) is 51.1 Å². The second kappa shape index (κ2) is 11.6. The molecule has 8 heteroatoms. The summed E-state index contributed by atoms with van der Waals surface area (Å²) in [6.07, 6.45) is 6.16. The lowest BCUT2D eigenvalue weighted by Gasteiger charge is -2.32. The number of fused-ring (bicyclic) bond motifs is 1. The van der Waals surface area contributed by atoms with Crippen molar-refractivity contribution in [3.8, 4) is 0 Å². The molecule has 0 radical (unpaired) electrons. The third kappa shape index (κ3) is 5.69. The molecule has 2 aliphatic rings. The zero-order valence-electron chi connectivity index (χ0n) is 20.1. The van der Waals surface area contributed by atoms with Crippen LogP contribution in [0.2, 0.25) is 5.02 Å². The number of imide groups is 1. The number of halogens is 1. The van der Waals surface area contributed by atoms with Crippen LogP contribution in [-0.4, -0.2) is 52.1 Å². The van der Waals surface area contributed by atoms with Crippen molar-refractivity contribution < 1.29 is 19.2 Å². The summed E-state index contributed by atoms with van der Waals surface area (Å²) in [5, 5.41) is 3.48. The Bertz CT molecular complexity index is 937. The Hall–Kier alpha value is -2.67. The quantitative estimate of drug-likeness (QED) is 0.402. The van der Waals surface area contributed by atoms with Crippen LogP contribution in [0.15, 0.2) is 36.4 Å². The SMILES string of the molecule is CC[C@@H](C)NC(=O)[C@H](CC)N(Cc1ccccc1Cl)C(=O)CCN1C(=O)[C@H]2CC=CC[C@H]2C1=O. The Morgan fingerprint density at radius 2 is 1.71 bits per heavy atom. The first kappa shape index (κ1) is 25.9. The monoisotopic (exact) mass is 487 g/mol. The Morgan fingerprint density at radius 3 is 2.26 bits per heavy atom. The molecule has 1 aliphatic heterocycles. The fourth-order valence-electron chi connectivity index (χ4n) is 4.61. The average molecular weight is 488 g/mol. The Labute approximate surface area is 206 Å². The summed E-state index contributed by atoms with van der Waals surface area (Å²) in [5.41, 5.74) is 0.734. The third-order valence-electron chi connectivity index (χ3n) is 6.83. The summed E-state index contributed by atoms with van der Waals surface area (Å²) in [7, 11) is 0. The van der Waals surface area contributed by atoms with Crippen molar-refractivity contribution in [3.63, 3.8) is 0 Å². The van der Waals surface area contributed by atoms with Crippen LogP contribution in [0.5, 0.6) is 0 Å². The molecule has 1 fully saturated rings. The number of allylic oxidation sites excluding steroid dienone is 2. The fourth-order valence-corrected chi connectivity index (χ4v) is 4.81. The molecule has 0 unspecified atom stereocenters. The van der Waals surface area contributed by atoms with Crippen molar-refractivity contribution in [1.82, 2.24) is 15.1 Å². The van der Waals surface area contributed by atoms with Crippen LogP contribution in [0.1, 0.15) is 58.4 Å². The standard InChI is InChI=1S/C26H34ClN3O4/c1-4-17(3)28-24(32)22(5-2)30(16-18-10-6-9-13-21(18)27)23(31)14-15-29-25(33)19-11-7-8-12-20(19)26(29)34/h6-10,13,17,19-20,22H,4-5,11-12,14-16H2,1-3H3,(H,28,32)/t17-,19-,20+,22+/m1/s1. The molecule has 34 heavy (non-hydrogen) atoms. The van der Waals surface area contributed by atoms with Gasteiger partial charge in [-0.15, -0.1) is 0 Å². The summed E-state index contributed by atoms with van der Waals surface area (Å²) in [4.78, 5) is 54.8. The van der Waals surface area contributed by atoms with E-state index in [-0.39, 0.29) is 61.0 Å². The number of nitrogens with zero attached hydrogens (tertiary/aromatic N) is 2. The highest BCUT2D eigenvalue weighted by Gasteiger charge is 2.47.